The van der Waals surface area contributed by atoms with Crippen LogP contribution in [0.25, 0.3) is 0 Å². The number of ether oxygens (including phenoxy) is 1. The summed E-state index contributed by atoms with van der Waals surface area (Å²) in [5, 5.41) is 22.9. The fraction of sp³-hybridized carbons (Fsp3) is 0.150. The van der Waals surface area contributed by atoms with Crippen molar-refractivity contribution in [3.05, 3.63) is 71.3 Å². The highest BCUT2D eigenvalue weighted by atomic mass is 16.5. The zero-order valence-electron chi connectivity index (χ0n) is 14.2. The van der Waals surface area contributed by atoms with Crippen LogP contribution in [0.5, 0.6) is 17.5 Å². The molecule has 0 saturated heterocycles. The molecule has 0 saturated carbocycles. The van der Waals surface area contributed by atoms with E-state index in [1.807, 2.05) is 55.5 Å². The number of anilines is 1. The molecule has 4 N–H and O–H groups in total. The fourth-order valence-electron chi connectivity index (χ4n) is 3.09. The normalized spacial score (nSPS) is 15.7. The summed E-state index contributed by atoms with van der Waals surface area (Å²) in [5.41, 5.74) is 3.37. The maximum absolute atomic E-state index is 10.1. The predicted octanol–water partition coefficient (Wildman–Crippen LogP) is 3.94. The Bertz CT molecular complexity index is 964. The molecule has 0 radical (unpaired) electrons. The molecule has 26 heavy (non-hydrogen) atoms. The number of aromatic nitrogens is 1. The minimum absolute atomic E-state index is 0.0903. The number of fused-ring (bicyclic) bond motifs is 1. The zero-order chi connectivity index (χ0) is 18.1. The Morgan fingerprint density at radius 1 is 1.04 bits per heavy atom. The van der Waals surface area contributed by atoms with Crippen molar-refractivity contribution in [3.63, 3.8) is 0 Å². The van der Waals surface area contributed by atoms with Crippen molar-refractivity contribution in [2.75, 3.05) is 5.32 Å². The molecule has 6 heteroatoms. The number of nitrogens with zero attached hydrogens (tertiary/aromatic N) is 1. The molecule has 1 aliphatic heterocycles. The van der Waals surface area contributed by atoms with Crippen LogP contribution in [0, 0.1) is 0 Å². The molecule has 3 aromatic rings. The van der Waals surface area contributed by atoms with Gasteiger partial charge in [0.05, 0.1) is 5.84 Å². The summed E-state index contributed by atoms with van der Waals surface area (Å²) in [6.45, 7) is 2.33. The van der Waals surface area contributed by atoms with Crippen molar-refractivity contribution in [1.29, 1.82) is 0 Å². The van der Waals surface area contributed by atoms with Gasteiger partial charge in [-0.25, -0.2) is 0 Å². The number of nitrogens with one attached hydrogen (secondary N) is 2. The van der Waals surface area contributed by atoms with E-state index in [0.29, 0.717) is 17.9 Å². The Kier molecular flexibility index (Phi) is 4.01. The first-order valence-electron chi connectivity index (χ1n) is 8.33. The van der Waals surface area contributed by atoms with Crippen LogP contribution in [-0.4, -0.2) is 21.0 Å². The lowest BCUT2D eigenvalue weighted by atomic mass is 9.97. The quantitative estimate of drug-likeness (QED) is 0.574. The molecule has 0 fully saturated rings. The second-order valence-corrected chi connectivity index (χ2v) is 6.22. The van der Waals surface area contributed by atoms with E-state index in [0.717, 1.165) is 22.6 Å². The van der Waals surface area contributed by atoms with Crippen LogP contribution in [0.3, 0.4) is 0 Å². The largest absolute Gasteiger partial charge is 0.495 e. The maximum atomic E-state index is 10.1. The monoisotopic (exact) mass is 349 g/mol. The number of H-pyrrole nitrogens is 1. The minimum Gasteiger partial charge on any atom is -0.495 e. The lowest BCUT2D eigenvalue weighted by molar-refractivity contribution is 0.306. The molecule has 0 spiro atoms. The highest BCUT2D eigenvalue weighted by molar-refractivity contribution is 5.96. The van der Waals surface area contributed by atoms with E-state index >= 15 is 0 Å². The van der Waals surface area contributed by atoms with Gasteiger partial charge in [-0.05, 0) is 30.7 Å². The summed E-state index contributed by atoms with van der Waals surface area (Å²) >= 11 is 0. The number of benzene rings is 2. The topological polar surface area (TPSA) is 89.9 Å². The lowest BCUT2D eigenvalue weighted by Crippen LogP contribution is -2.18. The first-order valence-corrected chi connectivity index (χ1v) is 8.33. The van der Waals surface area contributed by atoms with Gasteiger partial charge in [0.15, 0.2) is 11.8 Å². The second kappa shape index (κ2) is 6.48. The van der Waals surface area contributed by atoms with Crippen LogP contribution in [0.1, 0.15) is 29.7 Å². The molecular weight excluding hydrogens is 330 g/mol. The molecule has 4 rings (SSSR count). The molecule has 2 aromatic carbocycles. The summed E-state index contributed by atoms with van der Waals surface area (Å²) in [7, 11) is 0. The zero-order valence-corrected chi connectivity index (χ0v) is 14.2. The summed E-state index contributed by atoms with van der Waals surface area (Å²) in [5.74, 6) is 1.27. The molecule has 0 amide bonds. The van der Waals surface area contributed by atoms with Crippen molar-refractivity contribution in [2.45, 2.75) is 19.6 Å². The minimum atomic E-state index is -0.427. The van der Waals surface area contributed by atoms with Gasteiger partial charge in [0, 0.05) is 22.9 Å². The molecule has 1 aliphatic rings. The predicted molar refractivity (Wildman–Crippen MR) is 99.9 cm³/mol. The van der Waals surface area contributed by atoms with Crippen molar-refractivity contribution in [2.24, 2.45) is 4.99 Å². The van der Waals surface area contributed by atoms with Gasteiger partial charge in [-0.2, -0.15) is 0 Å². The van der Waals surface area contributed by atoms with Crippen molar-refractivity contribution in [3.8, 4) is 17.5 Å². The van der Waals surface area contributed by atoms with Gasteiger partial charge < -0.3 is 20.3 Å². The SMILES string of the molecule is CC1=NC(c2cc(O)[nH]c2O)c2cc(OCc3ccccc3)ccc2N1. The molecule has 1 unspecified atom stereocenters. The molecule has 0 aliphatic carbocycles. The van der Waals surface area contributed by atoms with E-state index in [9.17, 15) is 10.2 Å². The first kappa shape index (κ1) is 16.1. The van der Waals surface area contributed by atoms with E-state index in [2.05, 4.69) is 15.3 Å². The number of aliphatic imine (C=N–C) groups is 1. The van der Waals surface area contributed by atoms with Gasteiger partial charge in [-0.3, -0.25) is 9.98 Å². The highest BCUT2D eigenvalue weighted by Gasteiger charge is 2.26. The summed E-state index contributed by atoms with van der Waals surface area (Å²) in [6.07, 6.45) is 0. The van der Waals surface area contributed by atoms with Gasteiger partial charge in [-0.1, -0.05) is 30.3 Å². The van der Waals surface area contributed by atoms with Crippen LogP contribution >= 0.6 is 0 Å². The Morgan fingerprint density at radius 2 is 1.85 bits per heavy atom. The number of hydrogen-bond donors (Lipinski definition) is 4. The van der Waals surface area contributed by atoms with Gasteiger partial charge in [0.1, 0.15) is 18.4 Å². The Labute approximate surface area is 150 Å². The van der Waals surface area contributed by atoms with Crippen LogP contribution in [0.15, 0.2) is 59.6 Å². The van der Waals surface area contributed by atoms with E-state index in [-0.39, 0.29) is 11.8 Å². The third kappa shape index (κ3) is 3.09. The number of aromatic amines is 1. The lowest BCUT2D eigenvalue weighted by Gasteiger charge is -2.24. The number of aromatic hydroxyl groups is 2. The number of hydrogen-bond acceptors (Lipinski definition) is 5. The molecule has 1 aromatic heterocycles. The molecule has 6 nitrogen and oxygen atoms in total. The van der Waals surface area contributed by atoms with Crippen molar-refractivity contribution in [1.82, 2.24) is 4.98 Å². The molecule has 2 heterocycles. The Hall–Kier alpha value is -3.41. The average molecular weight is 349 g/mol. The first-order chi connectivity index (χ1) is 12.6. The van der Waals surface area contributed by atoms with Gasteiger partial charge in [0.2, 0.25) is 0 Å². The van der Waals surface area contributed by atoms with E-state index in [1.165, 1.54) is 6.07 Å². The van der Waals surface area contributed by atoms with Crippen LogP contribution < -0.4 is 10.1 Å². The van der Waals surface area contributed by atoms with Crippen LogP contribution in [0.2, 0.25) is 0 Å². The van der Waals surface area contributed by atoms with Crippen molar-refractivity contribution < 1.29 is 14.9 Å². The standard InChI is InChI=1S/C20H19N3O3/c1-12-21-17-8-7-14(26-11-13-5-3-2-4-6-13)9-15(17)19(22-12)16-10-18(24)23-20(16)25/h2-10,19,23-25H,11H2,1H3,(H,21,22). The summed E-state index contributed by atoms with van der Waals surface area (Å²) < 4.78 is 5.91. The average Bonchev–Trinajstić information content (AvgIpc) is 2.98. The van der Waals surface area contributed by atoms with Crippen LogP contribution in [-0.2, 0) is 6.61 Å². The highest BCUT2D eigenvalue weighted by Crippen LogP contribution is 2.41. The third-order valence-corrected chi connectivity index (χ3v) is 4.31. The molecule has 0 bridgehead atoms. The number of amidine groups is 1. The molecular formula is C20H19N3O3. The Balaban J connectivity index is 1.65. The van der Waals surface area contributed by atoms with E-state index in [1.54, 1.807) is 0 Å². The smallest absolute Gasteiger partial charge is 0.197 e. The van der Waals surface area contributed by atoms with E-state index in [4.69, 9.17) is 4.74 Å². The summed E-state index contributed by atoms with van der Waals surface area (Å²) in [4.78, 5) is 7.09. The maximum Gasteiger partial charge on any atom is 0.197 e. The van der Waals surface area contributed by atoms with Gasteiger partial charge in [0.25, 0.3) is 0 Å². The third-order valence-electron chi connectivity index (χ3n) is 4.31. The summed E-state index contributed by atoms with van der Waals surface area (Å²) in [6, 6.07) is 16.8. The fourth-order valence-corrected chi connectivity index (χ4v) is 3.09. The van der Waals surface area contributed by atoms with E-state index < -0.39 is 6.04 Å². The van der Waals surface area contributed by atoms with Gasteiger partial charge in [-0.15, -0.1) is 0 Å². The van der Waals surface area contributed by atoms with Crippen LogP contribution in [0.4, 0.5) is 5.69 Å². The van der Waals surface area contributed by atoms with Crippen molar-refractivity contribution >= 4 is 11.5 Å². The van der Waals surface area contributed by atoms with Gasteiger partial charge >= 0.3 is 0 Å². The second-order valence-electron chi connectivity index (χ2n) is 6.22. The number of rotatable bonds is 4. The Morgan fingerprint density at radius 3 is 2.58 bits per heavy atom. The molecule has 1 atom stereocenters. The molecule has 132 valence electrons.